The lowest BCUT2D eigenvalue weighted by Crippen LogP contribution is -2.14. The topological polar surface area (TPSA) is 73.6 Å². The lowest BCUT2D eigenvalue weighted by atomic mass is 10.2. The minimum atomic E-state index is -0.465. The first-order valence-electron chi connectivity index (χ1n) is 7.65. The number of nitrogens with one attached hydrogen (secondary N) is 1. The normalized spacial score (nSPS) is 10.3. The highest BCUT2D eigenvalue weighted by Crippen LogP contribution is 2.36. The van der Waals surface area contributed by atoms with E-state index in [1.165, 1.54) is 18.2 Å². The van der Waals surface area contributed by atoms with Crippen LogP contribution in [0.2, 0.25) is 0 Å². The largest absolute Gasteiger partial charge is 0.493 e. The number of methoxy groups -OCH3 is 1. The number of ether oxygens (including phenoxy) is 2. The summed E-state index contributed by atoms with van der Waals surface area (Å²) in [5.74, 6) is 0.658. The van der Waals surface area contributed by atoms with Crippen molar-refractivity contribution in [3.05, 3.63) is 47.8 Å². The predicted octanol–water partition coefficient (Wildman–Crippen LogP) is 3.61. The van der Waals surface area contributed by atoms with Gasteiger partial charge in [-0.1, -0.05) is 6.07 Å². The lowest BCUT2D eigenvalue weighted by molar-refractivity contribution is -0.116. The van der Waals surface area contributed by atoms with Crippen LogP contribution in [-0.2, 0) is 4.79 Å². The molecular weight excluding hydrogens is 311 g/mol. The summed E-state index contributed by atoms with van der Waals surface area (Å²) in [4.78, 5) is 11.9. The molecule has 0 spiro atoms. The van der Waals surface area contributed by atoms with Crippen molar-refractivity contribution in [3.8, 4) is 17.2 Å². The molecule has 5 nitrogen and oxygen atoms in total. The van der Waals surface area contributed by atoms with Gasteiger partial charge in [0, 0.05) is 12.5 Å². The Hall–Kier alpha value is -2.60. The smallest absolute Gasteiger partial charge is 0.224 e. The van der Waals surface area contributed by atoms with Crippen molar-refractivity contribution in [2.75, 3.05) is 19.0 Å². The van der Waals surface area contributed by atoms with Gasteiger partial charge in [0.25, 0.3) is 0 Å². The maximum atomic E-state index is 13.5. The number of amides is 1. The molecule has 0 aromatic heterocycles. The van der Waals surface area contributed by atoms with E-state index in [0.29, 0.717) is 30.2 Å². The van der Waals surface area contributed by atoms with Crippen LogP contribution in [0.15, 0.2) is 36.4 Å². The van der Waals surface area contributed by atoms with Crippen molar-refractivity contribution in [1.82, 2.24) is 0 Å². The monoisotopic (exact) mass is 332 g/mol. The summed E-state index contributed by atoms with van der Waals surface area (Å²) in [5.41, 5.74) is 6.68. The fourth-order valence-electron chi connectivity index (χ4n) is 2.14. The first kappa shape index (κ1) is 17.7. The SMILES string of the molecule is COc1cc(C)ccc1Oc1ccc(F)cc1NC(=O)CCCN. The maximum absolute atomic E-state index is 13.5. The van der Waals surface area contributed by atoms with Crippen LogP contribution in [0.5, 0.6) is 17.2 Å². The number of benzene rings is 2. The Balaban J connectivity index is 2.25. The van der Waals surface area contributed by atoms with Gasteiger partial charge in [0.05, 0.1) is 12.8 Å². The average molecular weight is 332 g/mol. The van der Waals surface area contributed by atoms with E-state index in [-0.39, 0.29) is 18.0 Å². The van der Waals surface area contributed by atoms with E-state index in [1.54, 1.807) is 13.2 Å². The second kappa shape index (κ2) is 8.31. The number of nitrogens with two attached hydrogens (primary N) is 1. The number of anilines is 1. The van der Waals surface area contributed by atoms with Crippen molar-refractivity contribution in [2.45, 2.75) is 19.8 Å². The lowest BCUT2D eigenvalue weighted by Gasteiger charge is -2.15. The molecule has 1 amide bonds. The van der Waals surface area contributed by atoms with E-state index >= 15 is 0 Å². The Morgan fingerprint density at radius 2 is 1.92 bits per heavy atom. The van der Waals surface area contributed by atoms with Crippen molar-refractivity contribution >= 4 is 11.6 Å². The van der Waals surface area contributed by atoms with Crippen LogP contribution in [0.4, 0.5) is 10.1 Å². The molecule has 3 N–H and O–H groups in total. The molecule has 24 heavy (non-hydrogen) atoms. The quantitative estimate of drug-likeness (QED) is 0.812. The fraction of sp³-hybridized carbons (Fsp3) is 0.278. The molecule has 0 radical (unpaired) electrons. The zero-order chi connectivity index (χ0) is 17.5. The van der Waals surface area contributed by atoms with Crippen LogP contribution < -0.4 is 20.5 Å². The molecule has 0 saturated heterocycles. The Kier molecular flexibility index (Phi) is 6.14. The van der Waals surface area contributed by atoms with Crippen molar-refractivity contribution in [1.29, 1.82) is 0 Å². The van der Waals surface area contributed by atoms with E-state index < -0.39 is 5.82 Å². The number of aryl methyl sites for hydroxylation is 1. The molecule has 0 aliphatic carbocycles. The Bertz CT molecular complexity index is 719. The number of hydrogen-bond donors (Lipinski definition) is 2. The standard InChI is InChI=1S/C18H21FN2O3/c1-12-5-7-16(17(10-12)23-2)24-15-8-6-13(19)11-14(15)21-18(22)4-3-9-20/h5-8,10-11H,3-4,9,20H2,1-2H3,(H,21,22). The first-order chi connectivity index (χ1) is 11.5. The summed E-state index contributed by atoms with van der Waals surface area (Å²) in [6, 6.07) is 9.42. The van der Waals surface area contributed by atoms with Crippen molar-refractivity contribution in [3.63, 3.8) is 0 Å². The van der Waals surface area contributed by atoms with Gasteiger partial charge in [0.15, 0.2) is 17.2 Å². The van der Waals surface area contributed by atoms with Crippen LogP contribution in [0, 0.1) is 12.7 Å². The molecule has 0 atom stereocenters. The molecule has 0 bridgehead atoms. The minimum absolute atomic E-state index is 0.244. The maximum Gasteiger partial charge on any atom is 0.224 e. The summed E-state index contributed by atoms with van der Waals surface area (Å²) in [7, 11) is 1.54. The van der Waals surface area contributed by atoms with Crippen LogP contribution in [-0.4, -0.2) is 19.6 Å². The zero-order valence-electron chi connectivity index (χ0n) is 13.8. The van der Waals surface area contributed by atoms with E-state index in [4.69, 9.17) is 15.2 Å². The van der Waals surface area contributed by atoms with Gasteiger partial charge in [-0.05, 0) is 49.7 Å². The van der Waals surface area contributed by atoms with Gasteiger partial charge < -0.3 is 20.5 Å². The Morgan fingerprint density at radius 3 is 2.62 bits per heavy atom. The molecule has 6 heteroatoms. The van der Waals surface area contributed by atoms with Crippen molar-refractivity contribution in [2.24, 2.45) is 5.73 Å². The summed E-state index contributed by atoms with van der Waals surface area (Å²) < 4.78 is 24.6. The number of rotatable bonds is 7. The van der Waals surface area contributed by atoms with E-state index in [0.717, 1.165) is 5.56 Å². The Morgan fingerprint density at radius 1 is 1.17 bits per heavy atom. The molecule has 0 unspecified atom stereocenters. The number of carbonyl (C=O) groups excluding carboxylic acids is 1. The molecule has 128 valence electrons. The first-order valence-corrected chi connectivity index (χ1v) is 7.65. The highest BCUT2D eigenvalue weighted by molar-refractivity contribution is 5.92. The molecule has 0 fully saturated rings. The molecule has 0 saturated carbocycles. The molecular formula is C18H21FN2O3. The summed E-state index contributed by atoms with van der Waals surface area (Å²) in [5, 5.41) is 2.65. The highest BCUT2D eigenvalue weighted by Gasteiger charge is 2.12. The second-order valence-corrected chi connectivity index (χ2v) is 5.34. The van der Waals surface area contributed by atoms with Gasteiger partial charge in [-0.2, -0.15) is 0 Å². The third-order valence-corrected chi connectivity index (χ3v) is 3.36. The number of halogens is 1. The van der Waals surface area contributed by atoms with Gasteiger partial charge in [-0.3, -0.25) is 4.79 Å². The van der Waals surface area contributed by atoms with Crippen LogP contribution in [0.25, 0.3) is 0 Å². The molecule has 2 aromatic carbocycles. The Labute approximate surface area is 140 Å². The van der Waals surface area contributed by atoms with Gasteiger partial charge in [0.2, 0.25) is 5.91 Å². The van der Waals surface area contributed by atoms with Gasteiger partial charge in [-0.15, -0.1) is 0 Å². The summed E-state index contributed by atoms with van der Waals surface area (Å²) >= 11 is 0. The summed E-state index contributed by atoms with van der Waals surface area (Å²) in [6.07, 6.45) is 0.823. The van der Waals surface area contributed by atoms with E-state index in [2.05, 4.69) is 5.32 Å². The van der Waals surface area contributed by atoms with Crippen LogP contribution >= 0.6 is 0 Å². The van der Waals surface area contributed by atoms with Gasteiger partial charge in [-0.25, -0.2) is 4.39 Å². The minimum Gasteiger partial charge on any atom is -0.493 e. The van der Waals surface area contributed by atoms with Gasteiger partial charge >= 0.3 is 0 Å². The fourth-order valence-corrected chi connectivity index (χ4v) is 2.14. The summed E-state index contributed by atoms with van der Waals surface area (Å²) in [6.45, 7) is 2.35. The molecule has 2 rings (SSSR count). The van der Waals surface area contributed by atoms with Crippen LogP contribution in [0.3, 0.4) is 0 Å². The molecule has 0 aliphatic rings. The molecule has 0 aliphatic heterocycles. The predicted molar refractivity (Wildman–Crippen MR) is 91.1 cm³/mol. The van der Waals surface area contributed by atoms with Gasteiger partial charge in [0.1, 0.15) is 5.82 Å². The number of carbonyl (C=O) groups is 1. The van der Waals surface area contributed by atoms with E-state index in [9.17, 15) is 9.18 Å². The van der Waals surface area contributed by atoms with Crippen molar-refractivity contribution < 1.29 is 18.7 Å². The molecule has 2 aromatic rings. The third-order valence-electron chi connectivity index (χ3n) is 3.36. The highest BCUT2D eigenvalue weighted by atomic mass is 19.1. The second-order valence-electron chi connectivity index (χ2n) is 5.34. The van der Waals surface area contributed by atoms with E-state index in [1.807, 2.05) is 19.1 Å². The average Bonchev–Trinajstić information content (AvgIpc) is 2.56. The van der Waals surface area contributed by atoms with Crippen LogP contribution in [0.1, 0.15) is 18.4 Å². The third kappa shape index (κ3) is 4.70. The number of hydrogen-bond acceptors (Lipinski definition) is 4. The zero-order valence-corrected chi connectivity index (χ0v) is 13.8. The molecule has 0 heterocycles.